The summed E-state index contributed by atoms with van der Waals surface area (Å²) < 4.78 is 24.7. The quantitative estimate of drug-likeness (QED) is 0.905. The highest BCUT2D eigenvalue weighted by atomic mass is 32.2. The third kappa shape index (κ3) is 3.08. The van der Waals surface area contributed by atoms with E-state index in [0.29, 0.717) is 11.7 Å². The predicted molar refractivity (Wildman–Crippen MR) is 76.5 cm³/mol. The molecule has 0 aliphatic rings. The second-order valence-electron chi connectivity index (χ2n) is 3.77. The van der Waals surface area contributed by atoms with Gasteiger partial charge in [0.25, 0.3) is 0 Å². The minimum absolute atomic E-state index is 0.396. The predicted octanol–water partition coefficient (Wildman–Crippen LogP) is 2.01. The second kappa shape index (κ2) is 4.96. The maximum Gasteiger partial charge on any atom is 0.231 e. The van der Waals surface area contributed by atoms with Crippen molar-refractivity contribution in [3.8, 4) is 10.6 Å². The van der Waals surface area contributed by atoms with Gasteiger partial charge < -0.3 is 5.73 Å². The van der Waals surface area contributed by atoms with E-state index >= 15 is 0 Å². The largest absolute Gasteiger partial charge is 0.326 e. The number of rotatable bonds is 4. The Labute approximate surface area is 114 Å². The topological polar surface area (TPSA) is 85.1 Å². The van der Waals surface area contributed by atoms with E-state index in [4.69, 9.17) is 5.73 Å². The van der Waals surface area contributed by atoms with Gasteiger partial charge in [-0.1, -0.05) is 0 Å². The number of thiazole rings is 1. The molecule has 2 aromatic rings. The van der Waals surface area contributed by atoms with Crippen LogP contribution in [0.15, 0.2) is 12.1 Å². The van der Waals surface area contributed by atoms with Gasteiger partial charge in [0.1, 0.15) is 0 Å². The minimum atomic E-state index is -3.28. The molecule has 8 heteroatoms. The molecule has 0 aliphatic heterocycles. The summed E-state index contributed by atoms with van der Waals surface area (Å²) in [5, 5.41) is 0.396. The molecule has 98 valence electrons. The molecule has 0 saturated carbocycles. The highest BCUT2D eigenvalue weighted by molar-refractivity contribution is 7.92. The first-order valence-corrected chi connectivity index (χ1v) is 8.66. The first kappa shape index (κ1) is 13.5. The van der Waals surface area contributed by atoms with Crippen LogP contribution in [0.4, 0.5) is 5.13 Å². The third-order valence-electron chi connectivity index (χ3n) is 2.17. The maximum absolute atomic E-state index is 11.1. The fourth-order valence-electron chi connectivity index (χ4n) is 1.44. The van der Waals surface area contributed by atoms with E-state index in [1.807, 2.05) is 19.1 Å². The van der Waals surface area contributed by atoms with Gasteiger partial charge in [-0.25, -0.2) is 13.4 Å². The van der Waals surface area contributed by atoms with Gasteiger partial charge in [0.05, 0.1) is 16.8 Å². The fourth-order valence-corrected chi connectivity index (χ4v) is 4.10. The van der Waals surface area contributed by atoms with Crippen LogP contribution < -0.4 is 10.5 Å². The van der Waals surface area contributed by atoms with Crippen molar-refractivity contribution >= 4 is 37.8 Å². The fraction of sp³-hybridized carbons (Fsp3) is 0.300. The van der Waals surface area contributed by atoms with Crippen LogP contribution in [-0.2, 0) is 16.6 Å². The van der Waals surface area contributed by atoms with Crippen molar-refractivity contribution in [2.75, 3.05) is 11.0 Å². The zero-order chi connectivity index (χ0) is 13.3. The van der Waals surface area contributed by atoms with Gasteiger partial charge in [-0.15, -0.1) is 22.7 Å². The van der Waals surface area contributed by atoms with Crippen molar-refractivity contribution in [1.82, 2.24) is 4.98 Å². The van der Waals surface area contributed by atoms with E-state index in [1.54, 1.807) is 11.3 Å². The summed E-state index contributed by atoms with van der Waals surface area (Å²) in [5.41, 5.74) is 6.38. The summed E-state index contributed by atoms with van der Waals surface area (Å²) in [7, 11) is -3.28. The molecule has 18 heavy (non-hydrogen) atoms. The van der Waals surface area contributed by atoms with Crippen LogP contribution in [0.2, 0.25) is 0 Å². The molecule has 0 fully saturated rings. The lowest BCUT2D eigenvalue weighted by Crippen LogP contribution is -2.08. The first-order chi connectivity index (χ1) is 8.39. The lowest BCUT2D eigenvalue weighted by atomic mass is 10.3. The number of nitrogens with two attached hydrogens (primary N) is 1. The molecule has 0 aromatic carbocycles. The summed E-state index contributed by atoms with van der Waals surface area (Å²) in [6.07, 6.45) is 1.11. The number of hydrogen-bond acceptors (Lipinski definition) is 6. The minimum Gasteiger partial charge on any atom is -0.326 e. The molecule has 0 saturated heterocycles. The van der Waals surface area contributed by atoms with E-state index < -0.39 is 10.0 Å². The van der Waals surface area contributed by atoms with Gasteiger partial charge in [0, 0.05) is 16.3 Å². The van der Waals surface area contributed by atoms with Crippen molar-refractivity contribution in [1.29, 1.82) is 0 Å². The molecular weight excluding hydrogens is 290 g/mol. The van der Waals surface area contributed by atoms with Gasteiger partial charge in [-0.2, -0.15) is 0 Å². The summed E-state index contributed by atoms with van der Waals surface area (Å²) in [4.78, 5) is 7.37. The molecule has 0 bridgehead atoms. The maximum atomic E-state index is 11.1. The number of hydrogen-bond donors (Lipinski definition) is 2. The van der Waals surface area contributed by atoms with Crippen molar-refractivity contribution < 1.29 is 8.42 Å². The van der Waals surface area contributed by atoms with Gasteiger partial charge >= 0.3 is 0 Å². The molecule has 2 heterocycles. The SMILES string of the molecule is Cc1sc(NS(C)(=O)=O)nc1-c1ccc(CN)s1. The number of sulfonamides is 1. The van der Waals surface area contributed by atoms with E-state index in [0.717, 1.165) is 26.6 Å². The average Bonchev–Trinajstić information content (AvgIpc) is 2.82. The third-order valence-corrected chi connectivity index (χ3v) is 4.86. The van der Waals surface area contributed by atoms with Crippen LogP contribution in [0.25, 0.3) is 10.6 Å². The zero-order valence-corrected chi connectivity index (χ0v) is 12.4. The van der Waals surface area contributed by atoms with Crippen LogP contribution in [0, 0.1) is 6.92 Å². The molecule has 5 nitrogen and oxygen atoms in total. The molecule has 0 radical (unpaired) electrons. The standard InChI is InChI=1S/C10H13N3O2S3/c1-6-9(8-4-3-7(5-11)17-8)12-10(16-6)13-18(2,14)15/h3-4H,5,11H2,1-2H3,(H,12,13). The van der Waals surface area contributed by atoms with Crippen LogP contribution in [0.3, 0.4) is 0 Å². The first-order valence-electron chi connectivity index (χ1n) is 5.13. The Morgan fingerprint density at radius 1 is 1.39 bits per heavy atom. The van der Waals surface area contributed by atoms with E-state index in [-0.39, 0.29) is 0 Å². The Morgan fingerprint density at radius 2 is 2.11 bits per heavy atom. The molecular formula is C10H13N3O2S3. The van der Waals surface area contributed by atoms with Gasteiger partial charge in [0.15, 0.2) is 5.13 Å². The second-order valence-corrected chi connectivity index (χ2v) is 7.89. The summed E-state index contributed by atoms with van der Waals surface area (Å²) in [6.45, 7) is 2.42. The van der Waals surface area contributed by atoms with Gasteiger partial charge in [-0.3, -0.25) is 4.72 Å². The van der Waals surface area contributed by atoms with Crippen LogP contribution in [0.5, 0.6) is 0 Å². The smallest absolute Gasteiger partial charge is 0.231 e. The Balaban J connectivity index is 2.34. The number of aromatic nitrogens is 1. The lowest BCUT2D eigenvalue weighted by molar-refractivity contribution is 0.607. The van der Waals surface area contributed by atoms with Gasteiger partial charge in [-0.05, 0) is 19.1 Å². The van der Waals surface area contributed by atoms with Crippen molar-refractivity contribution in [2.24, 2.45) is 5.73 Å². The van der Waals surface area contributed by atoms with E-state index in [1.165, 1.54) is 11.3 Å². The highest BCUT2D eigenvalue weighted by Gasteiger charge is 2.13. The van der Waals surface area contributed by atoms with Crippen LogP contribution >= 0.6 is 22.7 Å². The normalized spacial score (nSPS) is 11.7. The van der Waals surface area contributed by atoms with Crippen molar-refractivity contribution in [3.05, 3.63) is 21.9 Å². The van der Waals surface area contributed by atoms with Crippen LogP contribution in [0.1, 0.15) is 9.75 Å². The number of aryl methyl sites for hydroxylation is 1. The summed E-state index contributed by atoms with van der Waals surface area (Å²) in [6, 6.07) is 3.92. The Kier molecular flexibility index (Phi) is 3.71. The van der Waals surface area contributed by atoms with Crippen molar-refractivity contribution in [2.45, 2.75) is 13.5 Å². The van der Waals surface area contributed by atoms with Crippen molar-refractivity contribution in [3.63, 3.8) is 0 Å². The summed E-state index contributed by atoms with van der Waals surface area (Å²) in [5.74, 6) is 0. The monoisotopic (exact) mass is 303 g/mol. The Morgan fingerprint density at radius 3 is 2.67 bits per heavy atom. The molecule has 2 aromatic heterocycles. The molecule has 3 N–H and O–H groups in total. The van der Waals surface area contributed by atoms with Crippen LogP contribution in [-0.4, -0.2) is 19.7 Å². The van der Waals surface area contributed by atoms with E-state index in [9.17, 15) is 8.42 Å². The Bertz CT molecular complexity index is 658. The highest BCUT2D eigenvalue weighted by Crippen LogP contribution is 2.34. The molecule has 0 spiro atoms. The van der Waals surface area contributed by atoms with Gasteiger partial charge in [0.2, 0.25) is 10.0 Å². The number of nitrogens with zero attached hydrogens (tertiary/aromatic N) is 1. The molecule has 0 unspecified atom stereocenters. The molecule has 2 rings (SSSR count). The molecule has 0 amide bonds. The average molecular weight is 303 g/mol. The molecule has 0 aliphatic carbocycles. The number of anilines is 1. The Hall–Kier alpha value is -0.960. The lowest BCUT2D eigenvalue weighted by Gasteiger charge is -1.96. The number of thiophene rings is 1. The summed E-state index contributed by atoms with van der Waals surface area (Å²) >= 11 is 2.90. The van der Waals surface area contributed by atoms with E-state index in [2.05, 4.69) is 9.71 Å². The molecule has 0 atom stereocenters. The number of nitrogens with one attached hydrogen (secondary N) is 1. The zero-order valence-electron chi connectivity index (χ0n) is 9.93.